The molecule has 8 heteroatoms. The summed E-state index contributed by atoms with van der Waals surface area (Å²) in [6, 6.07) is 3.12. The predicted molar refractivity (Wildman–Crippen MR) is 67.1 cm³/mol. The maximum atomic E-state index is 12.7. The molecule has 2 rings (SSSR count). The van der Waals surface area contributed by atoms with Crippen molar-refractivity contribution >= 4 is 40.6 Å². The second-order valence-electron chi connectivity index (χ2n) is 3.86. The van der Waals surface area contributed by atoms with Gasteiger partial charge in [0.05, 0.1) is 16.3 Å². The Morgan fingerprint density at radius 2 is 2.05 bits per heavy atom. The molecule has 1 unspecified atom stereocenters. The molecule has 0 aliphatic carbocycles. The zero-order valence-corrected chi connectivity index (χ0v) is 11.1. The van der Waals surface area contributed by atoms with Crippen molar-refractivity contribution in [2.24, 2.45) is 0 Å². The Kier molecular flexibility index (Phi) is 3.44. The summed E-state index contributed by atoms with van der Waals surface area (Å²) in [5, 5.41) is -0.615. The Balaban J connectivity index is 2.48. The van der Waals surface area contributed by atoms with Gasteiger partial charge in [-0.15, -0.1) is 0 Å². The van der Waals surface area contributed by atoms with Gasteiger partial charge in [-0.05, 0) is 37.3 Å². The van der Waals surface area contributed by atoms with Crippen LogP contribution in [-0.4, -0.2) is 17.2 Å². The first kappa shape index (κ1) is 14.1. The monoisotopic (exact) mass is 309 g/mol. The van der Waals surface area contributed by atoms with Gasteiger partial charge in [-0.25, -0.2) is 4.90 Å². The third-order valence-corrected chi connectivity index (χ3v) is 3.15. The van der Waals surface area contributed by atoms with Crippen LogP contribution in [0.15, 0.2) is 18.2 Å². The first-order valence-corrected chi connectivity index (χ1v) is 5.92. The Morgan fingerprint density at radius 3 is 2.53 bits per heavy atom. The molecule has 1 fully saturated rings. The van der Waals surface area contributed by atoms with Gasteiger partial charge in [0, 0.05) is 0 Å². The lowest BCUT2D eigenvalue weighted by Gasteiger charge is -2.16. The van der Waals surface area contributed by atoms with Crippen LogP contribution in [0, 0.1) is 0 Å². The van der Waals surface area contributed by atoms with E-state index >= 15 is 0 Å². The first-order chi connectivity index (χ1) is 8.71. The predicted octanol–water partition coefficient (Wildman–Crippen LogP) is 3.40. The molecule has 1 atom stereocenters. The molecule has 1 aliphatic rings. The largest absolute Gasteiger partial charge is 0.457 e. The molecule has 102 valence electrons. The zero-order valence-electron chi connectivity index (χ0n) is 9.49. The number of nitrogens with zero attached hydrogens (tertiary/aromatic N) is 1. The van der Waals surface area contributed by atoms with Crippen molar-refractivity contribution in [3.8, 4) is 0 Å². The van der Waals surface area contributed by atoms with E-state index in [0.29, 0.717) is 0 Å². The Hall–Kier alpha value is -1.34. The van der Waals surface area contributed by atoms with Crippen molar-refractivity contribution in [2.75, 3.05) is 4.90 Å². The maximum absolute atomic E-state index is 12.7. The van der Waals surface area contributed by atoms with Crippen LogP contribution in [0.2, 0.25) is 5.02 Å². The number of anilines is 1. The van der Waals surface area contributed by atoms with Gasteiger partial charge < -0.3 is 4.74 Å². The van der Waals surface area contributed by atoms with E-state index in [9.17, 15) is 18.0 Å². The summed E-state index contributed by atoms with van der Waals surface area (Å²) in [4.78, 5) is 12.7. The highest BCUT2D eigenvalue weighted by molar-refractivity contribution is 7.80. The van der Waals surface area contributed by atoms with E-state index in [4.69, 9.17) is 28.6 Å². The number of ether oxygens (including phenoxy) is 1. The van der Waals surface area contributed by atoms with Crippen LogP contribution in [0.25, 0.3) is 0 Å². The number of benzene rings is 1. The van der Waals surface area contributed by atoms with E-state index in [1.165, 1.54) is 13.0 Å². The van der Waals surface area contributed by atoms with Crippen LogP contribution in [0.5, 0.6) is 0 Å². The molecular formula is C11H7ClF3NO2S. The number of halogens is 4. The number of hydrogen-bond acceptors (Lipinski definition) is 3. The first-order valence-electron chi connectivity index (χ1n) is 5.13. The minimum absolute atomic E-state index is 0.0175. The quantitative estimate of drug-likeness (QED) is 0.745. The molecule has 3 nitrogen and oxygen atoms in total. The lowest BCUT2D eigenvalue weighted by Crippen LogP contribution is -2.30. The molecule has 0 saturated carbocycles. The Morgan fingerprint density at radius 1 is 1.42 bits per heavy atom. The van der Waals surface area contributed by atoms with E-state index in [0.717, 1.165) is 17.0 Å². The van der Waals surface area contributed by atoms with Gasteiger partial charge in [-0.3, -0.25) is 4.79 Å². The van der Waals surface area contributed by atoms with Gasteiger partial charge in [0.15, 0.2) is 6.10 Å². The van der Waals surface area contributed by atoms with E-state index in [2.05, 4.69) is 0 Å². The third kappa shape index (κ3) is 2.52. The van der Waals surface area contributed by atoms with Crippen LogP contribution in [0.1, 0.15) is 12.5 Å². The fourth-order valence-electron chi connectivity index (χ4n) is 1.63. The molecule has 0 spiro atoms. The number of thiocarbonyl (C=S) groups is 1. The summed E-state index contributed by atoms with van der Waals surface area (Å²) in [6.45, 7) is 1.47. The Bertz CT molecular complexity index is 561. The molecule has 0 radical (unpaired) electrons. The summed E-state index contributed by atoms with van der Waals surface area (Å²) < 4.78 is 43.2. The SMILES string of the molecule is CC1OC(=S)N(c2ccc(Cl)c(C(F)(F)F)c2)C1=O. The minimum Gasteiger partial charge on any atom is -0.457 e. The van der Waals surface area contributed by atoms with Crippen LogP contribution < -0.4 is 4.90 Å². The van der Waals surface area contributed by atoms with Crippen LogP contribution in [-0.2, 0) is 15.7 Å². The molecule has 19 heavy (non-hydrogen) atoms. The second-order valence-corrected chi connectivity index (χ2v) is 4.62. The summed E-state index contributed by atoms with van der Waals surface area (Å²) in [6.07, 6.45) is -5.42. The molecule has 1 heterocycles. The number of carbonyl (C=O) groups is 1. The molecular weight excluding hydrogens is 303 g/mol. The highest BCUT2D eigenvalue weighted by Gasteiger charge is 2.38. The van der Waals surface area contributed by atoms with Gasteiger partial charge in [0.25, 0.3) is 11.1 Å². The van der Waals surface area contributed by atoms with Crippen LogP contribution in [0.4, 0.5) is 18.9 Å². The number of alkyl halides is 3. The van der Waals surface area contributed by atoms with Crippen molar-refractivity contribution in [3.05, 3.63) is 28.8 Å². The van der Waals surface area contributed by atoms with Gasteiger partial charge in [-0.2, -0.15) is 13.2 Å². The highest BCUT2D eigenvalue weighted by atomic mass is 35.5. The molecule has 1 aliphatic heterocycles. The molecule has 1 aromatic rings. The summed E-state index contributed by atoms with van der Waals surface area (Å²) >= 11 is 10.3. The summed E-state index contributed by atoms with van der Waals surface area (Å²) in [5.74, 6) is -0.513. The number of carbonyl (C=O) groups excluding carboxylic acids is 1. The van der Waals surface area contributed by atoms with Crippen molar-refractivity contribution in [1.82, 2.24) is 0 Å². The Labute approximate surface area is 116 Å². The van der Waals surface area contributed by atoms with E-state index < -0.39 is 28.8 Å². The van der Waals surface area contributed by atoms with Crippen molar-refractivity contribution in [2.45, 2.75) is 19.2 Å². The molecule has 1 saturated heterocycles. The summed E-state index contributed by atoms with van der Waals surface area (Å²) in [7, 11) is 0. The van der Waals surface area contributed by atoms with Crippen LogP contribution >= 0.6 is 23.8 Å². The fourth-order valence-corrected chi connectivity index (χ4v) is 2.19. The van der Waals surface area contributed by atoms with E-state index in [1.807, 2.05) is 0 Å². The van der Waals surface area contributed by atoms with Crippen molar-refractivity contribution in [3.63, 3.8) is 0 Å². The smallest absolute Gasteiger partial charge is 0.417 e. The van der Waals surface area contributed by atoms with Gasteiger partial charge in [0.2, 0.25) is 0 Å². The third-order valence-electron chi connectivity index (χ3n) is 2.54. The number of rotatable bonds is 1. The van der Waals surface area contributed by atoms with E-state index in [-0.39, 0.29) is 10.9 Å². The van der Waals surface area contributed by atoms with Gasteiger partial charge in [0.1, 0.15) is 0 Å². The lowest BCUT2D eigenvalue weighted by molar-refractivity contribution is -0.137. The zero-order chi connectivity index (χ0) is 14.4. The average Bonchev–Trinajstić information content (AvgIpc) is 2.53. The number of amides is 1. The van der Waals surface area contributed by atoms with Crippen molar-refractivity contribution in [1.29, 1.82) is 0 Å². The standard InChI is InChI=1S/C11H7ClF3NO2S/c1-5-9(17)16(10(19)18-5)6-2-3-8(12)7(4-6)11(13,14)15/h2-5H,1H3. The fraction of sp³-hybridized carbons (Fsp3) is 0.273. The maximum Gasteiger partial charge on any atom is 0.417 e. The minimum atomic E-state index is -4.61. The molecule has 0 N–H and O–H groups in total. The lowest BCUT2D eigenvalue weighted by atomic mass is 10.1. The molecule has 0 aromatic heterocycles. The van der Waals surface area contributed by atoms with E-state index in [1.54, 1.807) is 0 Å². The molecule has 1 aromatic carbocycles. The average molecular weight is 310 g/mol. The topological polar surface area (TPSA) is 29.5 Å². The normalized spacial score (nSPS) is 19.8. The highest BCUT2D eigenvalue weighted by Crippen LogP contribution is 2.37. The van der Waals surface area contributed by atoms with Crippen molar-refractivity contribution < 1.29 is 22.7 Å². The van der Waals surface area contributed by atoms with Gasteiger partial charge >= 0.3 is 6.18 Å². The second kappa shape index (κ2) is 4.64. The molecule has 0 bridgehead atoms. The van der Waals surface area contributed by atoms with Gasteiger partial charge in [-0.1, -0.05) is 11.6 Å². The molecule has 1 amide bonds. The summed E-state index contributed by atoms with van der Waals surface area (Å²) in [5.41, 5.74) is -1.04. The van der Waals surface area contributed by atoms with Crippen LogP contribution in [0.3, 0.4) is 0 Å². The number of hydrogen-bond donors (Lipinski definition) is 0.